The molecule has 0 aliphatic carbocycles. The summed E-state index contributed by atoms with van der Waals surface area (Å²) in [5, 5.41) is 9.69. The van der Waals surface area contributed by atoms with Gasteiger partial charge in [-0.2, -0.15) is 0 Å². The second kappa shape index (κ2) is 5.04. The van der Waals surface area contributed by atoms with Crippen molar-refractivity contribution in [1.82, 2.24) is 0 Å². The lowest BCUT2D eigenvalue weighted by molar-refractivity contribution is 0.193. The third kappa shape index (κ3) is 2.32. The molecule has 0 aromatic heterocycles. The third-order valence-corrected chi connectivity index (χ3v) is 3.33. The first-order chi connectivity index (χ1) is 7.72. The van der Waals surface area contributed by atoms with Crippen LogP contribution in [0.2, 0.25) is 5.02 Å². The van der Waals surface area contributed by atoms with E-state index in [0.717, 1.165) is 30.9 Å². The van der Waals surface area contributed by atoms with Gasteiger partial charge in [-0.1, -0.05) is 17.7 Å². The Kier molecular flexibility index (Phi) is 3.69. The lowest BCUT2D eigenvalue weighted by Gasteiger charge is -2.26. The van der Waals surface area contributed by atoms with Gasteiger partial charge in [0, 0.05) is 13.7 Å². The molecule has 1 aromatic rings. The number of likely N-dealkylation sites (N-methyl/N-ethyl adjacent to an activating group) is 1. The predicted molar refractivity (Wildman–Crippen MR) is 65.0 cm³/mol. The van der Waals surface area contributed by atoms with Crippen LogP contribution in [0, 0.1) is 0 Å². The SMILES string of the molecule is CN(c1ccc(CO)cc1Cl)C1CCOC1. The topological polar surface area (TPSA) is 32.7 Å². The molecule has 0 spiro atoms. The molecule has 1 heterocycles. The number of aliphatic hydroxyl groups excluding tert-OH is 1. The maximum atomic E-state index is 9.01. The van der Waals surface area contributed by atoms with E-state index in [2.05, 4.69) is 4.90 Å². The first kappa shape index (κ1) is 11.7. The molecule has 1 unspecified atom stereocenters. The van der Waals surface area contributed by atoms with Crippen molar-refractivity contribution in [1.29, 1.82) is 0 Å². The van der Waals surface area contributed by atoms with Crippen LogP contribution in [-0.4, -0.2) is 31.4 Å². The van der Waals surface area contributed by atoms with Crippen molar-refractivity contribution in [2.24, 2.45) is 0 Å². The molecule has 0 saturated carbocycles. The zero-order valence-corrected chi connectivity index (χ0v) is 10.1. The lowest BCUT2D eigenvalue weighted by Crippen LogP contribution is -2.31. The monoisotopic (exact) mass is 241 g/mol. The van der Waals surface area contributed by atoms with Gasteiger partial charge in [-0.05, 0) is 24.1 Å². The largest absolute Gasteiger partial charge is 0.392 e. The zero-order chi connectivity index (χ0) is 11.5. The maximum Gasteiger partial charge on any atom is 0.0682 e. The Balaban J connectivity index is 2.19. The molecule has 2 rings (SSSR count). The molecule has 88 valence electrons. The molecule has 0 amide bonds. The van der Waals surface area contributed by atoms with Crippen molar-refractivity contribution in [2.75, 3.05) is 25.2 Å². The Morgan fingerprint density at radius 2 is 2.38 bits per heavy atom. The minimum atomic E-state index is 0.0241. The van der Waals surface area contributed by atoms with Crippen LogP contribution < -0.4 is 4.90 Å². The Labute approximate surface area is 101 Å². The fourth-order valence-electron chi connectivity index (χ4n) is 1.96. The second-order valence-electron chi connectivity index (χ2n) is 4.07. The van der Waals surface area contributed by atoms with Gasteiger partial charge in [-0.25, -0.2) is 0 Å². The molecule has 1 N–H and O–H groups in total. The molecule has 1 aliphatic rings. The predicted octanol–water partition coefficient (Wildman–Crippen LogP) is 2.06. The first-order valence-electron chi connectivity index (χ1n) is 5.42. The Morgan fingerprint density at radius 1 is 1.56 bits per heavy atom. The van der Waals surface area contributed by atoms with E-state index in [-0.39, 0.29) is 6.61 Å². The number of nitrogens with zero attached hydrogens (tertiary/aromatic N) is 1. The third-order valence-electron chi connectivity index (χ3n) is 3.03. The highest BCUT2D eigenvalue weighted by molar-refractivity contribution is 6.33. The summed E-state index contributed by atoms with van der Waals surface area (Å²) in [6, 6.07) is 6.06. The van der Waals surface area contributed by atoms with Crippen molar-refractivity contribution in [2.45, 2.75) is 19.1 Å². The molecule has 4 heteroatoms. The van der Waals surface area contributed by atoms with Crippen LogP contribution >= 0.6 is 11.6 Å². The van der Waals surface area contributed by atoms with Crippen LogP contribution in [0.5, 0.6) is 0 Å². The van der Waals surface area contributed by atoms with E-state index >= 15 is 0 Å². The molecule has 0 radical (unpaired) electrons. The second-order valence-corrected chi connectivity index (χ2v) is 4.48. The fraction of sp³-hybridized carbons (Fsp3) is 0.500. The number of hydrogen-bond acceptors (Lipinski definition) is 3. The average molecular weight is 242 g/mol. The molecule has 3 nitrogen and oxygen atoms in total. The van der Waals surface area contributed by atoms with Crippen LogP contribution in [0.25, 0.3) is 0 Å². The van der Waals surface area contributed by atoms with Crippen LogP contribution in [0.1, 0.15) is 12.0 Å². The van der Waals surface area contributed by atoms with Gasteiger partial charge in [-0.3, -0.25) is 0 Å². The lowest BCUT2D eigenvalue weighted by atomic mass is 10.1. The van der Waals surface area contributed by atoms with Crippen molar-refractivity contribution < 1.29 is 9.84 Å². The standard InChI is InChI=1S/C12H16ClNO2/c1-14(10-4-5-16-8-10)12-3-2-9(7-15)6-11(12)13/h2-3,6,10,15H,4-5,7-8H2,1H3. The van der Waals surface area contributed by atoms with Gasteiger partial charge in [0.25, 0.3) is 0 Å². The molecule has 1 atom stereocenters. The van der Waals surface area contributed by atoms with Crippen LogP contribution in [-0.2, 0) is 11.3 Å². The van der Waals surface area contributed by atoms with Crippen LogP contribution in [0.15, 0.2) is 18.2 Å². The van der Waals surface area contributed by atoms with E-state index in [4.69, 9.17) is 21.4 Å². The van der Waals surface area contributed by atoms with Gasteiger partial charge >= 0.3 is 0 Å². The maximum absolute atomic E-state index is 9.01. The molecular formula is C12H16ClNO2. The van der Waals surface area contributed by atoms with E-state index in [1.807, 2.05) is 25.2 Å². The number of aliphatic hydroxyl groups is 1. The van der Waals surface area contributed by atoms with Gasteiger partial charge < -0.3 is 14.7 Å². The number of hydrogen-bond donors (Lipinski definition) is 1. The van der Waals surface area contributed by atoms with Crippen LogP contribution in [0.3, 0.4) is 0 Å². The van der Waals surface area contributed by atoms with E-state index in [9.17, 15) is 0 Å². The zero-order valence-electron chi connectivity index (χ0n) is 9.32. The van der Waals surface area contributed by atoms with Crippen molar-refractivity contribution in [3.8, 4) is 0 Å². The summed E-state index contributed by atoms with van der Waals surface area (Å²) >= 11 is 6.19. The summed E-state index contributed by atoms with van der Waals surface area (Å²) in [6.45, 7) is 1.60. The summed E-state index contributed by atoms with van der Waals surface area (Å²) in [7, 11) is 2.03. The van der Waals surface area contributed by atoms with E-state index in [0.29, 0.717) is 11.1 Å². The molecular weight excluding hydrogens is 226 g/mol. The van der Waals surface area contributed by atoms with Gasteiger partial charge in [-0.15, -0.1) is 0 Å². The minimum Gasteiger partial charge on any atom is -0.392 e. The summed E-state index contributed by atoms with van der Waals surface area (Å²) < 4.78 is 5.36. The highest BCUT2D eigenvalue weighted by Gasteiger charge is 2.21. The average Bonchev–Trinajstić information content (AvgIpc) is 2.81. The smallest absolute Gasteiger partial charge is 0.0682 e. The van der Waals surface area contributed by atoms with Crippen molar-refractivity contribution >= 4 is 17.3 Å². The fourth-order valence-corrected chi connectivity index (χ4v) is 2.30. The molecule has 0 bridgehead atoms. The molecule has 1 aliphatic heterocycles. The van der Waals surface area contributed by atoms with E-state index < -0.39 is 0 Å². The van der Waals surface area contributed by atoms with Crippen molar-refractivity contribution in [3.63, 3.8) is 0 Å². The van der Waals surface area contributed by atoms with Crippen molar-refractivity contribution in [3.05, 3.63) is 28.8 Å². The highest BCUT2D eigenvalue weighted by atomic mass is 35.5. The summed E-state index contributed by atoms with van der Waals surface area (Å²) in [6.07, 6.45) is 1.04. The molecule has 16 heavy (non-hydrogen) atoms. The summed E-state index contributed by atoms with van der Waals surface area (Å²) in [5.74, 6) is 0. The number of rotatable bonds is 3. The summed E-state index contributed by atoms with van der Waals surface area (Å²) in [4.78, 5) is 2.15. The molecule has 1 saturated heterocycles. The van der Waals surface area contributed by atoms with Crippen LogP contribution in [0.4, 0.5) is 5.69 Å². The van der Waals surface area contributed by atoms with Gasteiger partial charge in [0.05, 0.1) is 30.0 Å². The Bertz CT molecular complexity index is 364. The molecule has 1 aromatic carbocycles. The first-order valence-corrected chi connectivity index (χ1v) is 5.80. The van der Waals surface area contributed by atoms with Gasteiger partial charge in [0.1, 0.15) is 0 Å². The number of halogens is 1. The van der Waals surface area contributed by atoms with Gasteiger partial charge in [0.15, 0.2) is 0 Å². The number of anilines is 1. The summed E-state index contributed by atoms with van der Waals surface area (Å²) in [5.41, 5.74) is 1.83. The normalized spacial score (nSPS) is 20.1. The Hall–Kier alpha value is -0.770. The minimum absolute atomic E-state index is 0.0241. The number of ether oxygens (including phenoxy) is 1. The Morgan fingerprint density at radius 3 is 2.94 bits per heavy atom. The van der Waals surface area contributed by atoms with Gasteiger partial charge in [0.2, 0.25) is 0 Å². The number of benzene rings is 1. The van der Waals surface area contributed by atoms with E-state index in [1.165, 1.54) is 0 Å². The highest BCUT2D eigenvalue weighted by Crippen LogP contribution is 2.29. The van der Waals surface area contributed by atoms with E-state index in [1.54, 1.807) is 0 Å². The molecule has 1 fully saturated rings. The quantitative estimate of drug-likeness (QED) is 0.879.